The molecule has 27 heavy (non-hydrogen) atoms. The first kappa shape index (κ1) is 23.3. The zero-order valence-electron chi connectivity index (χ0n) is 16.3. The number of hydrogen-bond donors (Lipinski definition) is 3. The van der Waals surface area contributed by atoms with Crippen molar-refractivity contribution in [3.05, 3.63) is 0 Å². The predicted molar refractivity (Wildman–Crippen MR) is 92.2 cm³/mol. The maximum Gasteiger partial charge on any atom is 0.309 e. The van der Waals surface area contributed by atoms with Crippen LogP contribution >= 0.6 is 0 Å². The molecule has 1 aliphatic carbocycles. The third kappa shape index (κ3) is 5.63. The largest absolute Gasteiger partial charge is 0.456 e. The van der Waals surface area contributed by atoms with E-state index >= 15 is 0 Å². The molecule has 0 radical (unpaired) electrons. The van der Waals surface area contributed by atoms with E-state index in [1.807, 2.05) is 0 Å². The van der Waals surface area contributed by atoms with Crippen LogP contribution in [-0.4, -0.2) is 69.9 Å². The Morgan fingerprint density at radius 3 is 1.48 bits per heavy atom. The summed E-state index contributed by atoms with van der Waals surface area (Å²) in [6, 6.07) is 0. The SMILES string of the molecule is CCC(C)C(=O)OC1C(O)C(O)C(O)C(OC(C)=O)C1OC(=O)C(C)CC. The van der Waals surface area contributed by atoms with Crippen molar-refractivity contribution in [3.8, 4) is 0 Å². The van der Waals surface area contributed by atoms with Gasteiger partial charge < -0.3 is 29.5 Å². The summed E-state index contributed by atoms with van der Waals surface area (Å²) in [4.78, 5) is 35.9. The van der Waals surface area contributed by atoms with Crippen molar-refractivity contribution in [1.29, 1.82) is 0 Å². The number of rotatable bonds is 7. The maximum absolute atomic E-state index is 12.3. The minimum Gasteiger partial charge on any atom is -0.456 e. The van der Waals surface area contributed by atoms with E-state index in [0.29, 0.717) is 12.8 Å². The Kier molecular flexibility index (Phi) is 8.64. The lowest BCUT2D eigenvalue weighted by molar-refractivity contribution is -0.249. The quantitative estimate of drug-likeness (QED) is 0.402. The summed E-state index contributed by atoms with van der Waals surface area (Å²) in [7, 11) is 0. The molecule has 0 aromatic carbocycles. The molecule has 1 fully saturated rings. The standard InChI is InChI=1S/C18H30O9/c1-6-8(3)17(23)26-15-13(22)11(20)12(21)14(25-10(5)19)16(15)27-18(24)9(4)7-2/h8-9,11-16,20-22H,6-7H2,1-5H3. The van der Waals surface area contributed by atoms with Crippen LogP contribution in [0.4, 0.5) is 0 Å². The second-order valence-corrected chi connectivity index (χ2v) is 6.97. The zero-order valence-corrected chi connectivity index (χ0v) is 16.3. The first-order valence-corrected chi connectivity index (χ1v) is 9.17. The van der Waals surface area contributed by atoms with Crippen LogP contribution in [-0.2, 0) is 28.6 Å². The molecule has 156 valence electrons. The van der Waals surface area contributed by atoms with Crippen molar-refractivity contribution < 1.29 is 43.9 Å². The van der Waals surface area contributed by atoms with Gasteiger partial charge >= 0.3 is 17.9 Å². The van der Waals surface area contributed by atoms with Gasteiger partial charge in [0, 0.05) is 6.92 Å². The smallest absolute Gasteiger partial charge is 0.309 e. The van der Waals surface area contributed by atoms with Crippen LogP contribution in [0.15, 0.2) is 0 Å². The van der Waals surface area contributed by atoms with Gasteiger partial charge in [0.15, 0.2) is 18.3 Å². The van der Waals surface area contributed by atoms with E-state index in [2.05, 4.69) is 0 Å². The molecule has 1 rings (SSSR count). The fourth-order valence-electron chi connectivity index (χ4n) is 2.60. The highest BCUT2D eigenvalue weighted by molar-refractivity contribution is 5.73. The van der Waals surface area contributed by atoms with Crippen LogP contribution in [0, 0.1) is 11.8 Å². The number of aliphatic hydroxyl groups is 3. The van der Waals surface area contributed by atoms with Gasteiger partial charge in [-0.25, -0.2) is 0 Å². The van der Waals surface area contributed by atoms with Crippen LogP contribution < -0.4 is 0 Å². The van der Waals surface area contributed by atoms with E-state index < -0.39 is 66.4 Å². The van der Waals surface area contributed by atoms with E-state index in [-0.39, 0.29) is 0 Å². The summed E-state index contributed by atoms with van der Waals surface area (Å²) in [5.74, 6) is -3.13. The normalized spacial score (nSPS) is 32.9. The molecule has 1 saturated carbocycles. The highest BCUT2D eigenvalue weighted by atomic mass is 16.6. The van der Waals surface area contributed by atoms with Gasteiger partial charge in [-0.1, -0.05) is 27.7 Å². The first-order valence-electron chi connectivity index (χ1n) is 9.17. The molecular formula is C18H30O9. The summed E-state index contributed by atoms with van der Waals surface area (Å²) in [6.45, 7) is 7.85. The lowest BCUT2D eigenvalue weighted by Gasteiger charge is -2.44. The average Bonchev–Trinajstić information content (AvgIpc) is 2.64. The summed E-state index contributed by atoms with van der Waals surface area (Å²) in [6.07, 6.45) is -8.73. The Labute approximate surface area is 158 Å². The summed E-state index contributed by atoms with van der Waals surface area (Å²) in [5, 5.41) is 30.6. The Bertz CT molecular complexity index is 535. The van der Waals surface area contributed by atoms with Crippen molar-refractivity contribution in [2.24, 2.45) is 11.8 Å². The molecule has 0 aromatic rings. The molecule has 3 N–H and O–H groups in total. The number of hydrogen-bond acceptors (Lipinski definition) is 9. The van der Waals surface area contributed by atoms with Gasteiger partial charge in [0.1, 0.15) is 18.3 Å². The van der Waals surface area contributed by atoms with E-state index in [9.17, 15) is 29.7 Å². The number of carbonyl (C=O) groups excluding carboxylic acids is 3. The van der Waals surface area contributed by atoms with E-state index in [0.717, 1.165) is 6.92 Å². The van der Waals surface area contributed by atoms with Gasteiger partial charge in [-0.2, -0.15) is 0 Å². The number of esters is 3. The van der Waals surface area contributed by atoms with Gasteiger partial charge in [0.25, 0.3) is 0 Å². The molecule has 9 heteroatoms. The van der Waals surface area contributed by atoms with Crippen molar-refractivity contribution in [1.82, 2.24) is 0 Å². The summed E-state index contributed by atoms with van der Waals surface area (Å²) >= 11 is 0. The molecule has 8 atom stereocenters. The predicted octanol–water partition coefficient (Wildman–Crippen LogP) is -0.0698. The van der Waals surface area contributed by atoms with Gasteiger partial charge in [-0.3, -0.25) is 14.4 Å². The van der Waals surface area contributed by atoms with E-state index in [1.54, 1.807) is 27.7 Å². The van der Waals surface area contributed by atoms with Gasteiger partial charge in [0.05, 0.1) is 11.8 Å². The third-order valence-electron chi connectivity index (χ3n) is 4.86. The van der Waals surface area contributed by atoms with Crippen LogP contribution in [0.2, 0.25) is 0 Å². The highest BCUT2D eigenvalue weighted by Gasteiger charge is 2.55. The third-order valence-corrected chi connectivity index (χ3v) is 4.86. The summed E-state index contributed by atoms with van der Waals surface area (Å²) in [5.41, 5.74) is 0. The summed E-state index contributed by atoms with van der Waals surface area (Å²) < 4.78 is 15.7. The molecule has 0 spiro atoms. The van der Waals surface area contributed by atoms with Crippen LogP contribution in [0.25, 0.3) is 0 Å². The van der Waals surface area contributed by atoms with Gasteiger partial charge in [-0.15, -0.1) is 0 Å². The Morgan fingerprint density at radius 1 is 0.741 bits per heavy atom. The van der Waals surface area contributed by atoms with Gasteiger partial charge in [-0.05, 0) is 12.8 Å². The molecule has 0 heterocycles. The van der Waals surface area contributed by atoms with Gasteiger partial charge in [0.2, 0.25) is 0 Å². The molecule has 0 aliphatic heterocycles. The molecule has 8 unspecified atom stereocenters. The molecule has 0 bridgehead atoms. The Balaban J connectivity index is 3.22. The zero-order chi connectivity index (χ0) is 20.9. The minimum atomic E-state index is -1.76. The second kappa shape index (κ2) is 10.0. The molecule has 0 aromatic heterocycles. The van der Waals surface area contributed by atoms with Crippen LogP contribution in [0.5, 0.6) is 0 Å². The minimum absolute atomic E-state index is 0.467. The first-order chi connectivity index (χ1) is 12.5. The fraction of sp³-hybridized carbons (Fsp3) is 0.833. The molecule has 1 aliphatic rings. The highest BCUT2D eigenvalue weighted by Crippen LogP contribution is 2.30. The molecule has 0 amide bonds. The number of ether oxygens (including phenoxy) is 3. The van der Waals surface area contributed by atoms with Crippen molar-refractivity contribution in [2.45, 2.75) is 84.1 Å². The number of aliphatic hydroxyl groups excluding tert-OH is 3. The van der Waals surface area contributed by atoms with E-state index in [1.165, 1.54) is 0 Å². The second-order valence-electron chi connectivity index (χ2n) is 6.97. The lowest BCUT2D eigenvalue weighted by Crippen LogP contribution is -2.66. The molecule has 9 nitrogen and oxygen atoms in total. The number of carbonyl (C=O) groups is 3. The monoisotopic (exact) mass is 390 g/mol. The van der Waals surface area contributed by atoms with Crippen molar-refractivity contribution in [2.75, 3.05) is 0 Å². The van der Waals surface area contributed by atoms with Crippen LogP contribution in [0.3, 0.4) is 0 Å². The Hall–Kier alpha value is -1.71. The van der Waals surface area contributed by atoms with Crippen LogP contribution in [0.1, 0.15) is 47.5 Å². The van der Waals surface area contributed by atoms with Crippen molar-refractivity contribution in [3.63, 3.8) is 0 Å². The topological polar surface area (TPSA) is 140 Å². The maximum atomic E-state index is 12.3. The Morgan fingerprint density at radius 2 is 1.11 bits per heavy atom. The fourth-order valence-corrected chi connectivity index (χ4v) is 2.60. The average molecular weight is 390 g/mol. The van der Waals surface area contributed by atoms with Crippen molar-refractivity contribution >= 4 is 17.9 Å². The van der Waals surface area contributed by atoms with E-state index in [4.69, 9.17) is 14.2 Å². The molecular weight excluding hydrogens is 360 g/mol. The lowest BCUT2D eigenvalue weighted by atomic mass is 9.84. The molecule has 0 saturated heterocycles.